The lowest BCUT2D eigenvalue weighted by atomic mass is 10.2. The van der Waals surface area contributed by atoms with Gasteiger partial charge in [-0.3, -0.25) is 5.32 Å². The summed E-state index contributed by atoms with van der Waals surface area (Å²) >= 11 is 1.31. The van der Waals surface area contributed by atoms with Gasteiger partial charge in [-0.15, -0.1) is 10.2 Å². The molecule has 0 saturated carbocycles. The van der Waals surface area contributed by atoms with Gasteiger partial charge < -0.3 is 15.0 Å². The van der Waals surface area contributed by atoms with Gasteiger partial charge in [-0.1, -0.05) is 53.8 Å². The van der Waals surface area contributed by atoms with Gasteiger partial charge in [-0.2, -0.15) is 0 Å². The lowest BCUT2D eigenvalue weighted by Crippen LogP contribution is -2.19. The zero-order valence-electron chi connectivity index (χ0n) is 14.5. The fourth-order valence-electron chi connectivity index (χ4n) is 2.34. The highest BCUT2D eigenvalue weighted by molar-refractivity contribution is 7.19. The van der Waals surface area contributed by atoms with Crippen molar-refractivity contribution in [3.05, 3.63) is 60.2 Å². The third kappa shape index (κ3) is 4.48. The van der Waals surface area contributed by atoms with Crippen molar-refractivity contribution >= 4 is 33.3 Å². The molecule has 7 nitrogen and oxygen atoms in total. The number of hydrogen-bond donors (Lipinski definition) is 2. The van der Waals surface area contributed by atoms with Crippen LogP contribution in [-0.4, -0.2) is 30.4 Å². The Morgan fingerprint density at radius 2 is 1.81 bits per heavy atom. The molecule has 2 amide bonds. The molecule has 0 bridgehead atoms. The van der Waals surface area contributed by atoms with Gasteiger partial charge in [0.2, 0.25) is 10.3 Å². The number of nitrogens with zero attached hydrogens (tertiary/aromatic N) is 3. The Balaban J connectivity index is 1.60. The Labute approximate surface area is 155 Å². The molecule has 0 atom stereocenters. The molecule has 8 heteroatoms. The molecule has 1 heterocycles. The van der Waals surface area contributed by atoms with E-state index in [4.69, 9.17) is 4.74 Å². The lowest BCUT2D eigenvalue weighted by Gasteiger charge is -2.14. The van der Waals surface area contributed by atoms with Gasteiger partial charge in [0.05, 0.1) is 12.8 Å². The van der Waals surface area contributed by atoms with E-state index in [-0.39, 0.29) is 0 Å². The molecule has 1 aromatic heterocycles. The van der Waals surface area contributed by atoms with Crippen LogP contribution in [0.2, 0.25) is 0 Å². The van der Waals surface area contributed by atoms with E-state index in [1.54, 1.807) is 19.2 Å². The number of anilines is 3. The largest absolute Gasteiger partial charge is 0.495 e. The van der Waals surface area contributed by atoms with E-state index in [0.29, 0.717) is 23.1 Å². The summed E-state index contributed by atoms with van der Waals surface area (Å²) < 4.78 is 5.21. The SMILES string of the molecule is COc1ccccc1NC(=O)Nc1nnc(N(C)Cc2ccccc2)s1. The number of aromatic nitrogens is 2. The Kier molecular flexibility index (Phi) is 5.65. The maximum atomic E-state index is 12.2. The standard InChI is InChI=1S/C18H19N5O2S/c1-23(12-13-8-4-3-5-9-13)18-22-21-17(26-18)20-16(24)19-14-10-6-7-11-15(14)25-2/h3-11H,12H2,1-2H3,(H2,19,20,21,24). The first-order valence-electron chi connectivity index (χ1n) is 7.95. The molecular weight excluding hydrogens is 350 g/mol. The van der Waals surface area contributed by atoms with Gasteiger partial charge in [0.15, 0.2) is 0 Å². The van der Waals surface area contributed by atoms with Crippen molar-refractivity contribution in [3.8, 4) is 5.75 Å². The Morgan fingerprint density at radius 3 is 2.58 bits per heavy atom. The number of urea groups is 1. The molecule has 26 heavy (non-hydrogen) atoms. The van der Waals surface area contributed by atoms with Gasteiger partial charge in [0.25, 0.3) is 0 Å². The lowest BCUT2D eigenvalue weighted by molar-refractivity contribution is 0.262. The highest BCUT2D eigenvalue weighted by Gasteiger charge is 2.12. The van der Waals surface area contributed by atoms with Crippen LogP contribution in [0, 0.1) is 0 Å². The summed E-state index contributed by atoms with van der Waals surface area (Å²) in [5.74, 6) is 0.586. The monoisotopic (exact) mass is 369 g/mol. The molecule has 0 spiro atoms. The Hall–Kier alpha value is -3.13. The zero-order valence-corrected chi connectivity index (χ0v) is 15.3. The second kappa shape index (κ2) is 8.30. The quantitative estimate of drug-likeness (QED) is 0.690. The van der Waals surface area contributed by atoms with Crippen LogP contribution < -0.4 is 20.3 Å². The van der Waals surface area contributed by atoms with Crippen molar-refractivity contribution < 1.29 is 9.53 Å². The van der Waals surface area contributed by atoms with E-state index in [9.17, 15) is 4.79 Å². The number of carbonyl (C=O) groups excluding carboxylic acids is 1. The topological polar surface area (TPSA) is 79.4 Å². The second-order valence-corrected chi connectivity index (χ2v) is 6.47. The fraction of sp³-hybridized carbons (Fsp3) is 0.167. The van der Waals surface area contributed by atoms with Crippen LogP contribution in [0.25, 0.3) is 0 Å². The number of para-hydroxylation sites is 2. The summed E-state index contributed by atoms with van der Waals surface area (Å²) in [5.41, 5.74) is 1.76. The summed E-state index contributed by atoms with van der Waals surface area (Å²) in [6.07, 6.45) is 0. The predicted octanol–water partition coefficient (Wildman–Crippen LogP) is 3.83. The Morgan fingerprint density at radius 1 is 1.08 bits per heavy atom. The van der Waals surface area contributed by atoms with E-state index >= 15 is 0 Å². The first-order valence-corrected chi connectivity index (χ1v) is 8.77. The molecule has 0 radical (unpaired) electrons. The number of ether oxygens (including phenoxy) is 1. The van der Waals surface area contributed by atoms with Crippen LogP contribution >= 0.6 is 11.3 Å². The number of amides is 2. The van der Waals surface area contributed by atoms with E-state index in [0.717, 1.165) is 5.13 Å². The molecule has 0 fully saturated rings. The van der Waals surface area contributed by atoms with Gasteiger partial charge in [-0.25, -0.2) is 4.79 Å². The van der Waals surface area contributed by atoms with E-state index < -0.39 is 6.03 Å². The maximum absolute atomic E-state index is 12.2. The molecule has 0 unspecified atom stereocenters. The first kappa shape index (κ1) is 17.7. The first-order chi connectivity index (χ1) is 12.7. The predicted molar refractivity (Wildman–Crippen MR) is 104 cm³/mol. The van der Waals surface area contributed by atoms with Crippen LogP contribution in [0.5, 0.6) is 5.75 Å². The van der Waals surface area contributed by atoms with Gasteiger partial charge in [-0.05, 0) is 17.7 Å². The van der Waals surface area contributed by atoms with Crippen molar-refractivity contribution in [1.29, 1.82) is 0 Å². The molecule has 0 aliphatic heterocycles. The molecule has 0 saturated heterocycles. The van der Waals surface area contributed by atoms with Crippen LogP contribution in [-0.2, 0) is 6.54 Å². The summed E-state index contributed by atoms with van der Waals surface area (Å²) in [7, 11) is 3.49. The smallest absolute Gasteiger partial charge is 0.325 e. The van der Waals surface area contributed by atoms with Gasteiger partial charge in [0.1, 0.15) is 5.75 Å². The molecular formula is C18H19N5O2S. The zero-order chi connectivity index (χ0) is 18.4. The number of carbonyl (C=O) groups is 1. The third-order valence-corrected chi connectivity index (χ3v) is 4.53. The van der Waals surface area contributed by atoms with E-state index in [1.807, 2.05) is 42.3 Å². The molecule has 2 aromatic carbocycles. The van der Waals surface area contributed by atoms with Gasteiger partial charge in [0, 0.05) is 13.6 Å². The third-order valence-electron chi connectivity index (χ3n) is 3.58. The van der Waals surface area contributed by atoms with Crippen molar-refractivity contribution in [1.82, 2.24) is 10.2 Å². The summed E-state index contributed by atoms with van der Waals surface area (Å²) in [4.78, 5) is 14.2. The number of rotatable bonds is 6. The molecule has 134 valence electrons. The number of benzene rings is 2. The summed E-state index contributed by atoms with van der Waals surface area (Å²) in [6, 6.07) is 16.9. The van der Waals surface area contributed by atoms with Crippen LogP contribution in [0.3, 0.4) is 0 Å². The van der Waals surface area contributed by atoms with Crippen molar-refractivity contribution in [2.45, 2.75) is 6.54 Å². The normalized spacial score (nSPS) is 10.2. The average molecular weight is 369 g/mol. The molecule has 3 aromatic rings. The average Bonchev–Trinajstić information content (AvgIpc) is 3.11. The number of methoxy groups -OCH3 is 1. The molecule has 0 aliphatic carbocycles. The van der Waals surface area contributed by atoms with Crippen LogP contribution in [0.4, 0.5) is 20.7 Å². The summed E-state index contributed by atoms with van der Waals surface area (Å²) in [5, 5.41) is 14.7. The van der Waals surface area contributed by atoms with E-state index in [1.165, 1.54) is 16.9 Å². The second-order valence-electron chi connectivity index (χ2n) is 5.51. The minimum atomic E-state index is -0.400. The Bertz CT molecular complexity index is 869. The number of nitrogens with one attached hydrogen (secondary N) is 2. The fourth-order valence-corrected chi connectivity index (χ4v) is 3.04. The van der Waals surface area contributed by atoms with Crippen LogP contribution in [0.1, 0.15) is 5.56 Å². The van der Waals surface area contributed by atoms with E-state index in [2.05, 4.69) is 33.0 Å². The minimum Gasteiger partial charge on any atom is -0.495 e. The van der Waals surface area contributed by atoms with Crippen LogP contribution in [0.15, 0.2) is 54.6 Å². The highest BCUT2D eigenvalue weighted by Crippen LogP contribution is 2.26. The van der Waals surface area contributed by atoms with Gasteiger partial charge >= 0.3 is 6.03 Å². The number of hydrogen-bond acceptors (Lipinski definition) is 6. The highest BCUT2D eigenvalue weighted by atomic mass is 32.1. The van der Waals surface area contributed by atoms with Crippen molar-refractivity contribution in [2.24, 2.45) is 0 Å². The minimum absolute atomic E-state index is 0.400. The van der Waals surface area contributed by atoms with Crippen molar-refractivity contribution in [2.75, 3.05) is 29.7 Å². The molecule has 3 rings (SSSR count). The molecule has 2 N–H and O–H groups in total. The van der Waals surface area contributed by atoms with Crippen molar-refractivity contribution in [3.63, 3.8) is 0 Å². The summed E-state index contributed by atoms with van der Waals surface area (Å²) in [6.45, 7) is 0.711. The molecule has 0 aliphatic rings. The maximum Gasteiger partial charge on any atom is 0.325 e.